The molecule has 18 heavy (non-hydrogen) atoms. The summed E-state index contributed by atoms with van der Waals surface area (Å²) in [5, 5.41) is 12.5. The summed E-state index contributed by atoms with van der Waals surface area (Å²) in [6.45, 7) is 6.21. The molecule has 0 bridgehead atoms. The smallest absolute Gasteiger partial charge is 0.0606 e. The summed E-state index contributed by atoms with van der Waals surface area (Å²) in [5.74, 6) is 0. The van der Waals surface area contributed by atoms with E-state index in [0.717, 1.165) is 13.1 Å². The predicted octanol–water partition coefficient (Wildman–Crippen LogP) is 2.15. The third kappa shape index (κ3) is 3.72. The molecule has 1 aliphatic carbocycles. The van der Waals surface area contributed by atoms with Gasteiger partial charge in [0, 0.05) is 30.9 Å². The first-order valence-corrected chi connectivity index (χ1v) is 6.90. The highest BCUT2D eigenvalue weighted by Gasteiger charge is 2.28. The van der Waals surface area contributed by atoms with Crippen LogP contribution >= 0.6 is 0 Å². The number of nitrogens with one attached hydrogen (secondary N) is 1. The maximum absolute atomic E-state index is 9.12. The molecule has 1 aliphatic rings. The third-order valence-electron chi connectivity index (χ3n) is 3.31. The summed E-state index contributed by atoms with van der Waals surface area (Å²) in [5.41, 5.74) is 2.55. The summed E-state index contributed by atoms with van der Waals surface area (Å²) in [6.07, 6.45) is 2.52. The van der Waals surface area contributed by atoms with Gasteiger partial charge in [0.15, 0.2) is 0 Å². The van der Waals surface area contributed by atoms with E-state index in [1.54, 1.807) is 0 Å². The molecule has 0 aromatic heterocycles. The maximum Gasteiger partial charge on any atom is 0.0606 e. The Balaban J connectivity index is 1.96. The summed E-state index contributed by atoms with van der Waals surface area (Å²) in [4.78, 5) is 2.32. The molecular formula is C15H24N2O. The van der Waals surface area contributed by atoms with Crippen molar-refractivity contribution in [2.45, 2.75) is 45.3 Å². The third-order valence-corrected chi connectivity index (χ3v) is 3.31. The van der Waals surface area contributed by atoms with Crippen LogP contribution in [0.4, 0.5) is 5.69 Å². The molecule has 1 saturated carbocycles. The maximum atomic E-state index is 9.12. The average Bonchev–Trinajstić information content (AvgIpc) is 3.18. The number of aliphatic hydroxyl groups is 1. The molecule has 1 aromatic rings. The summed E-state index contributed by atoms with van der Waals surface area (Å²) < 4.78 is 0. The molecule has 2 rings (SSSR count). The van der Waals surface area contributed by atoms with Crippen molar-refractivity contribution in [2.24, 2.45) is 0 Å². The first kappa shape index (κ1) is 13.4. The zero-order valence-corrected chi connectivity index (χ0v) is 11.4. The van der Waals surface area contributed by atoms with E-state index in [1.807, 2.05) is 0 Å². The minimum Gasteiger partial charge on any atom is -0.395 e. The van der Waals surface area contributed by atoms with Gasteiger partial charge in [-0.3, -0.25) is 0 Å². The van der Waals surface area contributed by atoms with Crippen molar-refractivity contribution in [3.05, 3.63) is 29.8 Å². The van der Waals surface area contributed by atoms with Crippen LogP contribution < -0.4 is 10.2 Å². The molecule has 3 nitrogen and oxygen atoms in total. The fraction of sp³-hybridized carbons (Fsp3) is 0.600. The molecule has 1 fully saturated rings. The molecule has 0 saturated heterocycles. The second-order valence-corrected chi connectivity index (χ2v) is 5.35. The van der Waals surface area contributed by atoms with Crippen LogP contribution in [0.5, 0.6) is 0 Å². The number of hydrogen-bond donors (Lipinski definition) is 2. The Kier molecular flexibility index (Phi) is 4.61. The van der Waals surface area contributed by atoms with Gasteiger partial charge in [-0.15, -0.1) is 0 Å². The Labute approximate surface area is 110 Å². The first-order valence-electron chi connectivity index (χ1n) is 6.90. The molecule has 3 heteroatoms. The molecule has 0 atom stereocenters. The average molecular weight is 248 g/mol. The molecular weight excluding hydrogens is 224 g/mol. The summed E-state index contributed by atoms with van der Waals surface area (Å²) >= 11 is 0. The molecule has 0 unspecified atom stereocenters. The lowest BCUT2D eigenvalue weighted by Crippen LogP contribution is -2.28. The van der Waals surface area contributed by atoms with Gasteiger partial charge in [-0.1, -0.05) is 26.0 Å². The van der Waals surface area contributed by atoms with Gasteiger partial charge in [0.1, 0.15) is 0 Å². The van der Waals surface area contributed by atoms with Crippen LogP contribution in [0, 0.1) is 0 Å². The Morgan fingerprint density at radius 3 is 2.44 bits per heavy atom. The van der Waals surface area contributed by atoms with E-state index in [9.17, 15) is 0 Å². The molecule has 0 heterocycles. The van der Waals surface area contributed by atoms with Crippen molar-refractivity contribution in [1.29, 1.82) is 0 Å². The molecule has 0 aliphatic heterocycles. The van der Waals surface area contributed by atoms with Gasteiger partial charge < -0.3 is 15.3 Å². The van der Waals surface area contributed by atoms with Crippen LogP contribution in [-0.2, 0) is 6.54 Å². The highest BCUT2D eigenvalue weighted by atomic mass is 16.3. The van der Waals surface area contributed by atoms with Crippen LogP contribution in [0.1, 0.15) is 32.3 Å². The van der Waals surface area contributed by atoms with Crippen molar-refractivity contribution in [3.63, 3.8) is 0 Å². The van der Waals surface area contributed by atoms with Gasteiger partial charge in [-0.05, 0) is 30.5 Å². The summed E-state index contributed by atoms with van der Waals surface area (Å²) in [7, 11) is 0. The van der Waals surface area contributed by atoms with Crippen molar-refractivity contribution in [2.75, 3.05) is 18.1 Å². The summed E-state index contributed by atoms with van der Waals surface area (Å²) in [6, 6.07) is 9.87. The monoisotopic (exact) mass is 248 g/mol. The van der Waals surface area contributed by atoms with Crippen LogP contribution in [0.15, 0.2) is 24.3 Å². The van der Waals surface area contributed by atoms with E-state index in [0.29, 0.717) is 12.1 Å². The van der Waals surface area contributed by atoms with Gasteiger partial charge in [-0.25, -0.2) is 0 Å². The van der Waals surface area contributed by atoms with Crippen molar-refractivity contribution < 1.29 is 5.11 Å². The zero-order valence-electron chi connectivity index (χ0n) is 11.4. The number of aliphatic hydroxyl groups excluding tert-OH is 1. The first-order chi connectivity index (χ1) is 8.70. The highest BCUT2D eigenvalue weighted by Crippen LogP contribution is 2.31. The van der Waals surface area contributed by atoms with E-state index in [-0.39, 0.29) is 6.61 Å². The molecule has 2 N–H and O–H groups in total. The fourth-order valence-corrected chi connectivity index (χ4v) is 2.14. The largest absolute Gasteiger partial charge is 0.395 e. The van der Waals surface area contributed by atoms with E-state index < -0.39 is 0 Å². The minimum absolute atomic E-state index is 0.229. The van der Waals surface area contributed by atoms with Crippen molar-refractivity contribution in [1.82, 2.24) is 5.32 Å². The van der Waals surface area contributed by atoms with Crippen LogP contribution in [-0.4, -0.2) is 30.3 Å². The second kappa shape index (κ2) is 6.21. The van der Waals surface area contributed by atoms with E-state index >= 15 is 0 Å². The van der Waals surface area contributed by atoms with Crippen LogP contribution in [0.3, 0.4) is 0 Å². The Morgan fingerprint density at radius 2 is 1.94 bits per heavy atom. The number of anilines is 1. The standard InChI is InChI=1S/C15H24N2O/c1-12(2)16-11-13-3-5-14(6-4-13)17(9-10-18)15-7-8-15/h3-6,12,15-16,18H,7-11H2,1-2H3. The van der Waals surface area contributed by atoms with Gasteiger partial charge in [0.2, 0.25) is 0 Å². The van der Waals surface area contributed by atoms with Crippen molar-refractivity contribution >= 4 is 5.69 Å². The van der Waals surface area contributed by atoms with Gasteiger partial charge in [0.05, 0.1) is 6.61 Å². The number of rotatable bonds is 7. The van der Waals surface area contributed by atoms with Crippen LogP contribution in [0.2, 0.25) is 0 Å². The van der Waals surface area contributed by atoms with Crippen LogP contribution in [0.25, 0.3) is 0 Å². The molecule has 0 radical (unpaired) electrons. The SMILES string of the molecule is CC(C)NCc1ccc(N(CCO)C2CC2)cc1. The molecule has 0 spiro atoms. The van der Waals surface area contributed by atoms with E-state index in [2.05, 4.69) is 48.3 Å². The fourth-order valence-electron chi connectivity index (χ4n) is 2.14. The van der Waals surface area contributed by atoms with Gasteiger partial charge >= 0.3 is 0 Å². The Bertz CT molecular complexity index is 357. The van der Waals surface area contributed by atoms with E-state index in [1.165, 1.54) is 24.1 Å². The lowest BCUT2D eigenvalue weighted by Gasteiger charge is -2.24. The minimum atomic E-state index is 0.229. The molecule has 0 amide bonds. The normalized spacial score (nSPS) is 15.1. The second-order valence-electron chi connectivity index (χ2n) is 5.35. The van der Waals surface area contributed by atoms with Gasteiger partial charge in [-0.2, -0.15) is 0 Å². The lowest BCUT2D eigenvalue weighted by atomic mass is 10.2. The van der Waals surface area contributed by atoms with E-state index in [4.69, 9.17) is 5.11 Å². The predicted molar refractivity (Wildman–Crippen MR) is 75.9 cm³/mol. The molecule has 1 aromatic carbocycles. The highest BCUT2D eigenvalue weighted by molar-refractivity contribution is 5.49. The number of hydrogen-bond acceptors (Lipinski definition) is 3. The number of benzene rings is 1. The van der Waals surface area contributed by atoms with Crippen molar-refractivity contribution in [3.8, 4) is 0 Å². The number of nitrogens with zero attached hydrogens (tertiary/aromatic N) is 1. The quantitative estimate of drug-likeness (QED) is 0.776. The Morgan fingerprint density at radius 1 is 1.28 bits per heavy atom. The topological polar surface area (TPSA) is 35.5 Å². The van der Waals surface area contributed by atoms with Gasteiger partial charge in [0.25, 0.3) is 0 Å². The lowest BCUT2D eigenvalue weighted by molar-refractivity contribution is 0.301. The molecule has 100 valence electrons. The Hall–Kier alpha value is -1.06. The zero-order chi connectivity index (χ0) is 13.0.